The summed E-state index contributed by atoms with van der Waals surface area (Å²) in [6.07, 6.45) is 1.83. The van der Waals surface area contributed by atoms with Crippen LogP contribution < -0.4 is 5.43 Å². The van der Waals surface area contributed by atoms with Crippen molar-refractivity contribution in [2.75, 3.05) is 0 Å². The van der Waals surface area contributed by atoms with Crippen LogP contribution in [0.2, 0.25) is 0 Å². The molecule has 1 amide bonds. The van der Waals surface area contributed by atoms with Gasteiger partial charge in [-0.25, -0.2) is 4.79 Å². The number of carboxylic acids is 1. The van der Waals surface area contributed by atoms with Gasteiger partial charge in [-0.1, -0.05) is 6.92 Å². The van der Waals surface area contributed by atoms with E-state index in [1.807, 2.05) is 6.92 Å². The lowest BCUT2D eigenvalue weighted by atomic mass is 10.2. The molecule has 0 aromatic carbocycles. The van der Waals surface area contributed by atoms with Crippen molar-refractivity contribution < 1.29 is 19.1 Å². The van der Waals surface area contributed by atoms with Gasteiger partial charge in [-0.05, 0) is 24.2 Å². The maximum atomic E-state index is 11.7. The predicted octanol–water partition coefficient (Wildman–Crippen LogP) is 1.55. The number of carbonyl (C=O) groups is 2. The van der Waals surface area contributed by atoms with Gasteiger partial charge in [0.15, 0.2) is 0 Å². The fraction of sp³-hybridized carbons (Fsp3) is 0.200. The highest BCUT2D eigenvalue weighted by atomic mass is 32.2. The number of aromatic carboxylic acids is 1. The highest BCUT2D eigenvalue weighted by Crippen LogP contribution is 2.18. The van der Waals surface area contributed by atoms with Crippen molar-refractivity contribution in [2.24, 2.45) is 10.1 Å². The Morgan fingerprint density at radius 2 is 2.33 bits per heavy atom. The Kier molecular flexibility index (Phi) is 3.47. The molecule has 0 unspecified atom stereocenters. The van der Waals surface area contributed by atoms with Gasteiger partial charge in [0.2, 0.25) is 10.9 Å². The Morgan fingerprint density at radius 3 is 2.94 bits per heavy atom. The third-order valence-electron chi connectivity index (χ3n) is 2.05. The van der Waals surface area contributed by atoms with Crippen molar-refractivity contribution in [2.45, 2.75) is 13.3 Å². The van der Waals surface area contributed by atoms with Crippen molar-refractivity contribution in [1.82, 2.24) is 5.43 Å². The largest absolute Gasteiger partial charge is 0.478 e. The molecule has 93 valence electrons. The van der Waals surface area contributed by atoms with E-state index < -0.39 is 11.9 Å². The van der Waals surface area contributed by atoms with Crippen LogP contribution in [0.5, 0.6) is 0 Å². The highest BCUT2D eigenvalue weighted by molar-refractivity contribution is 8.26. The number of carboxylic acid groups (broad SMARTS) is 1. The summed E-state index contributed by atoms with van der Waals surface area (Å²) in [6.45, 7) is 1.90. The average Bonchev–Trinajstić information content (AvgIpc) is 2.96. The van der Waals surface area contributed by atoms with Crippen molar-refractivity contribution in [1.29, 1.82) is 0 Å². The highest BCUT2D eigenvalue weighted by Gasteiger charge is 2.22. The van der Waals surface area contributed by atoms with Crippen LogP contribution in [-0.4, -0.2) is 27.2 Å². The van der Waals surface area contributed by atoms with Gasteiger partial charge in [-0.15, -0.1) is 10.5 Å². The first-order valence-corrected chi connectivity index (χ1v) is 5.82. The van der Waals surface area contributed by atoms with Crippen LogP contribution in [0.15, 0.2) is 26.8 Å². The zero-order valence-electron chi connectivity index (χ0n) is 9.28. The van der Waals surface area contributed by atoms with Gasteiger partial charge >= 0.3 is 11.9 Å². The summed E-state index contributed by atoms with van der Waals surface area (Å²) in [7, 11) is 0. The minimum absolute atomic E-state index is 0.185. The molecule has 1 aromatic rings. The van der Waals surface area contributed by atoms with E-state index in [0.717, 1.165) is 11.3 Å². The summed E-state index contributed by atoms with van der Waals surface area (Å²) < 4.78 is 4.83. The van der Waals surface area contributed by atoms with E-state index in [4.69, 9.17) is 9.52 Å². The topological polar surface area (TPSA) is 106 Å². The number of rotatable bonds is 3. The number of aliphatic imine (C=N–C) groups is 1. The summed E-state index contributed by atoms with van der Waals surface area (Å²) in [5, 5.41) is 13.6. The summed E-state index contributed by atoms with van der Waals surface area (Å²) in [6, 6.07) is 1.20. The first-order valence-electron chi connectivity index (χ1n) is 5.01. The second-order valence-corrected chi connectivity index (χ2v) is 4.26. The third kappa shape index (κ3) is 2.43. The van der Waals surface area contributed by atoms with Gasteiger partial charge in [-0.3, -0.25) is 4.79 Å². The summed E-state index contributed by atoms with van der Waals surface area (Å²) in [5.74, 6) is -2.33. The van der Waals surface area contributed by atoms with Crippen LogP contribution in [0.25, 0.3) is 0 Å². The van der Waals surface area contributed by atoms with Crippen LogP contribution in [0, 0.1) is 0 Å². The third-order valence-corrected chi connectivity index (χ3v) is 3.01. The molecule has 0 aliphatic carbocycles. The maximum absolute atomic E-state index is 11.7. The van der Waals surface area contributed by atoms with Crippen LogP contribution in [0.3, 0.4) is 0 Å². The average molecular weight is 266 g/mol. The van der Waals surface area contributed by atoms with E-state index in [1.165, 1.54) is 17.8 Å². The summed E-state index contributed by atoms with van der Waals surface area (Å²) in [5.41, 5.74) is 3.48. The number of hydrogen-bond donors (Lipinski definition) is 1. The molecule has 2 heterocycles. The van der Waals surface area contributed by atoms with E-state index in [0.29, 0.717) is 6.42 Å². The normalized spacial score (nSPS) is 16.5. The molecule has 0 spiro atoms. The first-order chi connectivity index (χ1) is 8.61. The van der Waals surface area contributed by atoms with Crippen molar-refractivity contribution in [3.63, 3.8) is 0 Å². The molecule has 0 bridgehead atoms. The second kappa shape index (κ2) is 5.05. The van der Waals surface area contributed by atoms with Crippen molar-refractivity contribution >= 4 is 33.8 Å². The van der Waals surface area contributed by atoms with Crippen molar-refractivity contribution in [3.05, 3.63) is 23.7 Å². The van der Waals surface area contributed by atoms with Gasteiger partial charge in [0, 0.05) is 0 Å². The van der Waals surface area contributed by atoms with Crippen molar-refractivity contribution in [3.8, 4) is 0 Å². The molecule has 1 aliphatic rings. The summed E-state index contributed by atoms with van der Waals surface area (Å²) in [4.78, 5) is 26.2. The van der Waals surface area contributed by atoms with Gasteiger partial charge in [0.1, 0.15) is 10.6 Å². The number of thioether (sulfide) groups is 1. The molecule has 0 saturated heterocycles. The molecule has 1 N–H and O–H groups in total. The number of furan rings is 1. The van der Waals surface area contributed by atoms with Gasteiger partial charge in [0.25, 0.3) is 0 Å². The minimum Gasteiger partial charge on any atom is -0.478 e. The minimum atomic E-state index is -1.24. The molecule has 0 atom stereocenters. The Hall–Kier alpha value is -2.09. The molecule has 0 fully saturated rings. The zero-order valence-corrected chi connectivity index (χ0v) is 10.1. The van der Waals surface area contributed by atoms with E-state index in [1.54, 1.807) is 0 Å². The molecule has 2 rings (SSSR count). The smallest absolute Gasteiger partial charge is 0.339 e. The molecule has 1 radical (unpaired) electrons. The molecular formula is C10H8N3O4S. The van der Waals surface area contributed by atoms with Gasteiger partial charge in [0.05, 0.1) is 6.26 Å². The molecule has 8 heteroatoms. The first kappa shape index (κ1) is 12.4. The van der Waals surface area contributed by atoms with E-state index in [-0.39, 0.29) is 16.5 Å². The Morgan fingerprint density at radius 1 is 1.56 bits per heavy atom. The van der Waals surface area contributed by atoms with Crippen LogP contribution >= 0.6 is 11.8 Å². The lowest BCUT2D eigenvalue weighted by Gasteiger charge is -1.94. The molecular weight excluding hydrogens is 258 g/mol. The molecule has 0 saturated carbocycles. The molecule has 1 aliphatic heterocycles. The molecule has 7 nitrogen and oxygen atoms in total. The lowest BCUT2D eigenvalue weighted by molar-refractivity contribution is 0.0689. The van der Waals surface area contributed by atoms with E-state index in [9.17, 15) is 9.59 Å². The summed E-state index contributed by atoms with van der Waals surface area (Å²) >= 11 is 1.17. The number of amidine groups is 1. The van der Waals surface area contributed by atoms with E-state index >= 15 is 0 Å². The molecule has 18 heavy (non-hydrogen) atoms. The molecule has 1 aromatic heterocycles. The van der Waals surface area contributed by atoms with Crippen LogP contribution in [-0.2, 0) is 0 Å². The standard InChI is InChI=1S/C10H8N3O4S/c1-2-6-12-13-10(18-6)11-8(14)7-5(9(15)16)3-4-17-7/h3-4H,2H2,1H3,(H,15,16). The number of amides is 1. The Labute approximate surface area is 106 Å². The van der Waals surface area contributed by atoms with Crippen LogP contribution in [0.4, 0.5) is 0 Å². The quantitative estimate of drug-likeness (QED) is 0.893. The number of carbonyl (C=O) groups excluding carboxylic acids is 1. The fourth-order valence-corrected chi connectivity index (χ4v) is 1.86. The lowest BCUT2D eigenvalue weighted by Crippen LogP contribution is -2.08. The van der Waals surface area contributed by atoms with E-state index in [2.05, 4.69) is 15.5 Å². The van der Waals surface area contributed by atoms with Gasteiger partial charge < -0.3 is 9.52 Å². The Bertz CT molecular complexity index is 561. The zero-order chi connectivity index (χ0) is 13.1. The SMILES string of the molecule is CCC1=N[N]C(=NC(=O)c2occc2C(=O)O)S1. The Balaban J connectivity index is 2.16. The fourth-order valence-electron chi connectivity index (χ4n) is 1.21. The number of hydrogen-bond acceptors (Lipinski definition) is 5. The second-order valence-electron chi connectivity index (χ2n) is 3.22. The maximum Gasteiger partial charge on any atom is 0.339 e. The predicted molar refractivity (Wildman–Crippen MR) is 64.9 cm³/mol. The monoisotopic (exact) mass is 266 g/mol. The van der Waals surface area contributed by atoms with Gasteiger partial charge in [-0.2, -0.15) is 4.99 Å². The van der Waals surface area contributed by atoms with Crippen LogP contribution in [0.1, 0.15) is 34.3 Å². The number of nitrogens with zero attached hydrogens (tertiary/aromatic N) is 3.